The van der Waals surface area contributed by atoms with Crippen LogP contribution in [0.4, 0.5) is 5.69 Å². The van der Waals surface area contributed by atoms with Gasteiger partial charge in [-0.1, -0.05) is 11.8 Å². The van der Waals surface area contributed by atoms with Crippen molar-refractivity contribution in [1.82, 2.24) is 0 Å². The maximum Gasteiger partial charge on any atom is 0.272 e. The van der Waals surface area contributed by atoms with Crippen molar-refractivity contribution >= 4 is 22.6 Å². The third-order valence-corrected chi connectivity index (χ3v) is 4.03. The van der Waals surface area contributed by atoms with Gasteiger partial charge in [0.25, 0.3) is 5.69 Å². The number of rotatable bonds is 6. The fraction of sp³-hybridized carbons (Fsp3) is 0.500. The van der Waals surface area contributed by atoms with Gasteiger partial charge in [-0.2, -0.15) is 0 Å². The molecular weight excluding hydrogens is 294 g/mol. The number of aliphatic hydroxyl groups excluding tert-OH is 2. The Labute approximate surface area is 127 Å². The minimum absolute atomic E-state index is 0.0566. The molecule has 2 atom stereocenters. The second kappa shape index (κ2) is 7.53. The Morgan fingerprint density at radius 2 is 1.95 bits per heavy atom. The van der Waals surface area contributed by atoms with Gasteiger partial charge in [0, 0.05) is 24.3 Å². The lowest BCUT2D eigenvalue weighted by molar-refractivity contribution is -0.385. The summed E-state index contributed by atoms with van der Waals surface area (Å²) in [5, 5.41) is 31.0. The monoisotopic (exact) mass is 313 g/mol. The number of benzene rings is 1. The predicted molar refractivity (Wildman–Crippen MR) is 81.3 cm³/mol. The standard InChI is InChI=1S/C14H19NO5S/c1-8-6-9(2)12(15(19)20)7-11(8)14(18)13(17)4-5-21-10(3)16/h6-7,13-14,17-18H,4-5H2,1-3H3. The van der Waals surface area contributed by atoms with Crippen LogP contribution in [0.15, 0.2) is 12.1 Å². The van der Waals surface area contributed by atoms with E-state index in [1.807, 2.05) is 0 Å². The molecule has 0 aliphatic carbocycles. The Bertz CT molecular complexity index is 546. The van der Waals surface area contributed by atoms with Crippen LogP contribution < -0.4 is 0 Å². The molecule has 21 heavy (non-hydrogen) atoms. The summed E-state index contributed by atoms with van der Waals surface area (Å²) in [7, 11) is 0. The Balaban J connectivity index is 2.90. The maximum absolute atomic E-state index is 10.9. The van der Waals surface area contributed by atoms with Gasteiger partial charge in [0.05, 0.1) is 11.0 Å². The Hall–Kier alpha value is -1.44. The summed E-state index contributed by atoms with van der Waals surface area (Å²) in [6.07, 6.45) is -2.05. The molecule has 0 aliphatic rings. The molecule has 0 fully saturated rings. The molecular formula is C14H19NO5S. The number of nitro benzene ring substituents is 1. The summed E-state index contributed by atoms with van der Waals surface area (Å²) in [6.45, 7) is 4.79. The molecule has 0 spiro atoms. The average molecular weight is 313 g/mol. The van der Waals surface area contributed by atoms with E-state index in [1.165, 1.54) is 13.0 Å². The van der Waals surface area contributed by atoms with Gasteiger partial charge < -0.3 is 10.2 Å². The molecule has 0 radical (unpaired) electrons. The van der Waals surface area contributed by atoms with E-state index in [-0.39, 0.29) is 17.2 Å². The first-order valence-electron chi connectivity index (χ1n) is 6.49. The van der Waals surface area contributed by atoms with E-state index >= 15 is 0 Å². The average Bonchev–Trinajstić information content (AvgIpc) is 2.37. The molecule has 2 N–H and O–H groups in total. The van der Waals surface area contributed by atoms with Crippen molar-refractivity contribution in [3.63, 3.8) is 0 Å². The molecule has 0 amide bonds. The van der Waals surface area contributed by atoms with Crippen LogP contribution in [-0.4, -0.2) is 32.1 Å². The summed E-state index contributed by atoms with van der Waals surface area (Å²) in [4.78, 5) is 21.3. The number of carbonyl (C=O) groups is 1. The fourth-order valence-corrected chi connectivity index (χ4v) is 2.71. The van der Waals surface area contributed by atoms with E-state index in [0.29, 0.717) is 22.4 Å². The number of hydrogen-bond donors (Lipinski definition) is 2. The zero-order valence-corrected chi connectivity index (χ0v) is 13.0. The largest absolute Gasteiger partial charge is 0.390 e. The third kappa shape index (κ3) is 4.80. The lowest BCUT2D eigenvalue weighted by Gasteiger charge is -2.20. The topological polar surface area (TPSA) is 101 Å². The summed E-state index contributed by atoms with van der Waals surface area (Å²) in [6, 6.07) is 2.92. The molecule has 116 valence electrons. The molecule has 0 saturated heterocycles. The molecule has 1 aromatic carbocycles. The maximum atomic E-state index is 10.9. The number of thioether (sulfide) groups is 1. The molecule has 0 heterocycles. The van der Waals surface area contributed by atoms with Crippen molar-refractivity contribution in [1.29, 1.82) is 0 Å². The number of nitrogens with zero attached hydrogens (tertiary/aromatic N) is 1. The quantitative estimate of drug-likeness (QED) is 0.617. The van der Waals surface area contributed by atoms with Gasteiger partial charge in [-0.3, -0.25) is 14.9 Å². The first-order valence-corrected chi connectivity index (χ1v) is 7.47. The zero-order valence-electron chi connectivity index (χ0n) is 12.2. The number of nitro groups is 1. The summed E-state index contributed by atoms with van der Waals surface area (Å²) in [5.41, 5.74) is 1.45. The molecule has 2 unspecified atom stereocenters. The summed E-state index contributed by atoms with van der Waals surface area (Å²) < 4.78 is 0. The van der Waals surface area contributed by atoms with Crippen molar-refractivity contribution in [2.45, 2.75) is 39.4 Å². The summed E-state index contributed by atoms with van der Waals surface area (Å²) in [5.74, 6) is 0.389. The Kier molecular flexibility index (Phi) is 6.32. The summed E-state index contributed by atoms with van der Waals surface area (Å²) >= 11 is 1.07. The zero-order chi connectivity index (χ0) is 16.2. The van der Waals surface area contributed by atoms with Crippen LogP contribution in [0.25, 0.3) is 0 Å². The van der Waals surface area contributed by atoms with Gasteiger partial charge in [0.1, 0.15) is 6.10 Å². The predicted octanol–water partition coefficient (Wildman–Crippen LogP) is 2.28. The Morgan fingerprint density at radius 3 is 2.48 bits per heavy atom. The minimum Gasteiger partial charge on any atom is -0.390 e. The molecule has 6 nitrogen and oxygen atoms in total. The number of aliphatic hydroxyl groups is 2. The van der Waals surface area contributed by atoms with Gasteiger partial charge in [-0.15, -0.1) is 0 Å². The van der Waals surface area contributed by atoms with E-state index in [9.17, 15) is 25.1 Å². The van der Waals surface area contributed by atoms with Crippen LogP contribution in [0.1, 0.15) is 36.1 Å². The lowest BCUT2D eigenvalue weighted by Crippen LogP contribution is -2.20. The van der Waals surface area contributed by atoms with Crippen molar-refractivity contribution in [2.24, 2.45) is 0 Å². The van der Waals surface area contributed by atoms with E-state index in [2.05, 4.69) is 0 Å². The van der Waals surface area contributed by atoms with Crippen LogP contribution in [0.3, 0.4) is 0 Å². The van der Waals surface area contributed by atoms with Crippen LogP contribution >= 0.6 is 11.8 Å². The van der Waals surface area contributed by atoms with Gasteiger partial charge in [-0.05, 0) is 37.5 Å². The van der Waals surface area contributed by atoms with Gasteiger partial charge >= 0.3 is 0 Å². The Morgan fingerprint density at radius 1 is 1.33 bits per heavy atom. The van der Waals surface area contributed by atoms with Gasteiger partial charge in [-0.25, -0.2) is 0 Å². The molecule has 0 aromatic heterocycles. The number of carbonyl (C=O) groups excluding carboxylic acids is 1. The van der Waals surface area contributed by atoms with E-state index in [1.54, 1.807) is 19.9 Å². The van der Waals surface area contributed by atoms with Crippen molar-refractivity contribution in [3.8, 4) is 0 Å². The highest BCUT2D eigenvalue weighted by Gasteiger charge is 2.23. The molecule has 1 rings (SSSR count). The molecule has 0 saturated carbocycles. The highest BCUT2D eigenvalue weighted by molar-refractivity contribution is 8.13. The molecule has 1 aromatic rings. The van der Waals surface area contributed by atoms with Crippen LogP contribution in [0, 0.1) is 24.0 Å². The normalized spacial score (nSPS) is 13.8. The molecule has 0 bridgehead atoms. The molecule has 7 heteroatoms. The van der Waals surface area contributed by atoms with Crippen molar-refractivity contribution in [3.05, 3.63) is 38.9 Å². The SMILES string of the molecule is CC(=O)SCCC(O)C(O)c1cc([N+](=O)[O-])c(C)cc1C. The van der Waals surface area contributed by atoms with Crippen molar-refractivity contribution in [2.75, 3.05) is 5.75 Å². The number of aryl methyl sites for hydroxylation is 2. The molecule has 0 aliphatic heterocycles. The minimum atomic E-state index is -1.21. The third-order valence-electron chi connectivity index (χ3n) is 3.18. The highest BCUT2D eigenvalue weighted by Crippen LogP contribution is 2.29. The lowest BCUT2D eigenvalue weighted by atomic mass is 9.95. The second-order valence-electron chi connectivity index (χ2n) is 4.89. The van der Waals surface area contributed by atoms with Gasteiger partial charge in [0.2, 0.25) is 0 Å². The van der Waals surface area contributed by atoms with Crippen molar-refractivity contribution < 1.29 is 19.9 Å². The van der Waals surface area contributed by atoms with Crippen LogP contribution in [0.2, 0.25) is 0 Å². The fourth-order valence-electron chi connectivity index (χ4n) is 2.06. The van der Waals surface area contributed by atoms with Crippen LogP contribution in [-0.2, 0) is 4.79 Å². The smallest absolute Gasteiger partial charge is 0.272 e. The van der Waals surface area contributed by atoms with E-state index in [4.69, 9.17) is 0 Å². The van der Waals surface area contributed by atoms with E-state index < -0.39 is 17.1 Å². The van der Waals surface area contributed by atoms with E-state index in [0.717, 1.165) is 11.8 Å². The first-order chi connectivity index (χ1) is 9.73. The van der Waals surface area contributed by atoms with Crippen LogP contribution in [0.5, 0.6) is 0 Å². The second-order valence-corrected chi connectivity index (χ2v) is 6.17. The van der Waals surface area contributed by atoms with Gasteiger partial charge in [0.15, 0.2) is 5.12 Å². The highest BCUT2D eigenvalue weighted by atomic mass is 32.2. The first kappa shape index (κ1) is 17.6. The number of hydrogen-bond acceptors (Lipinski definition) is 6.